The fourth-order valence-electron chi connectivity index (χ4n) is 1.85. The first-order valence-electron chi connectivity index (χ1n) is 6.33. The molecule has 0 aromatic rings. The molecule has 0 aromatic heterocycles. The van der Waals surface area contributed by atoms with Crippen LogP contribution in [-0.2, 0) is 4.79 Å². The lowest BCUT2D eigenvalue weighted by Gasteiger charge is -2.19. The number of carbonyl (C=O) groups excluding carboxylic acids is 1. The molecule has 0 spiro atoms. The molecule has 0 aliphatic rings. The van der Waals surface area contributed by atoms with Crippen LogP contribution in [0.4, 0.5) is 0 Å². The molecule has 0 aliphatic carbocycles. The van der Waals surface area contributed by atoms with Crippen molar-refractivity contribution in [1.82, 2.24) is 0 Å². The normalized spacial score (nSPS) is 12.8. The van der Waals surface area contributed by atoms with Crippen LogP contribution in [0.1, 0.15) is 52.9 Å². The first kappa shape index (κ1) is 15.4. The predicted molar refractivity (Wildman–Crippen MR) is 70.3 cm³/mol. The van der Waals surface area contributed by atoms with Crippen molar-refractivity contribution in [2.75, 3.05) is 6.54 Å². The summed E-state index contributed by atoms with van der Waals surface area (Å²) in [7, 11) is 0. The smallest absolute Gasteiger partial charge is 0.133 e. The molecule has 0 heterocycles. The van der Waals surface area contributed by atoms with E-state index in [1.165, 1.54) is 0 Å². The molecule has 0 saturated carbocycles. The van der Waals surface area contributed by atoms with Crippen molar-refractivity contribution in [3.8, 4) is 0 Å². The molecule has 2 N–H and O–H groups in total. The summed E-state index contributed by atoms with van der Waals surface area (Å²) in [6.07, 6.45) is 4.22. The number of allylic oxidation sites excluding steroid dienone is 1. The van der Waals surface area contributed by atoms with Gasteiger partial charge in [-0.25, -0.2) is 0 Å². The van der Waals surface area contributed by atoms with E-state index in [4.69, 9.17) is 5.73 Å². The van der Waals surface area contributed by atoms with Crippen molar-refractivity contribution in [2.24, 2.45) is 17.6 Å². The third-order valence-electron chi connectivity index (χ3n) is 3.10. The van der Waals surface area contributed by atoms with Gasteiger partial charge in [-0.1, -0.05) is 19.4 Å². The van der Waals surface area contributed by atoms with Crippen molar-refractivity contribution < 1.29 is 4.79 Å². The molecule has 2 heteroatoms. The number of carbonyl (C=O) groups is 1. The lowest BCUT2D eigenvalue weighted by molar-refractivity contribution is -0.119. The van der Waals surface area contributed by atoms with Gasteiger partial charge in [-0.05, 0) is 44.6 Å². The first-order valence-corrected chi connectivity index (χ1v) is 6.33. The van der Waals surface area contributed by atoms with Crippen LogP contribution in [-0.4, -0.2) is 12.3 Å². The quantitative estimate of drug-likeness (QED) is 0.612. The van der Waals surface area contributed by atoms with Gasteiger partial charge in [0.2, 0.25) is 0 Å². The summed E-state index contributed by atoms with van der Waals surface area (Å²) < 4.78 is 0. The minimum absolute atomic E-state index is 0.366. The van der Waals surface area contributed by atoms with Gasteiger partial charge in [-0.15, -0.1) is 6.58 Å². The molecule has 0 bridgehead atoms. The standard InChI is InChI=1S/C14H27NO/c1-11(2)5-7-14(16)8-6-13(9-10-15)12(3)4/h12-13H,1,5-10,15H2,2-4H3. The molecule has 0 amide bonds. The number of hydrogen-bond donors (Lipinski definition) is 1. The van der Waals surface area contributed by atoms with E-state index >= 15 is 0 Å². The van der Waals surface area contributed by atoms with E-state index < -0.39 is 0 Å². The highest BCUT2D eigenvalue weighted by Gasteiger charge is 2.14. The molecular weight excluding hydrogens is 198 g/mol. The molecule has 0 aromatic carbocycles. The molecular formula is C14H27NO. The van der Waals surface area contributed by atoms with Crippen LogP contribution >= 0.6 is 0 Å². The van der Waals surface area contributed by atoms with Crippen LogP contribution in [0.5, 0.6) is 0 Å². The van der Waals surface area contributed by atoms with Crippen LogP contribution in [0.15, 0.2) is 12.2 Å². The third kappa shape index (κ3) is 7.63. The van der Waals surface area contributed by atoms with E-state index in [0.29, 0.717) is 30.5 Å². The fraction of sp³-hybridized carbons (Fsp3) is 0.786. The van der Waals surface area contributed by atoms with Gasteiger partial charge in [-0.2, -0.15) is 0 Å². The summed E-state index contributed by atoms with van der Waals surface area (Å²) in [6.45, 7) is 10.9. The molecule has 0 saturated heterocycles. The molecule has 16 heavy (non-hydrogen) atoms. The van der Waals surface area contributed by atoms with Gasteiger partial charge >= 0.3 is 0 Å². The molecule has 1 unspecified atom stereocenters. The molecule has 2 nitrogen and oxygen atoms in total. The Balaban J connectivity index is 3.82. The summed E-state index contributed by atoms with van der Waals surface area (Å²) in [4.78, 5) is 11.6. The second-order valence-corrected chi connectivity index (χ2v) is 5.12. The third-order valence-corrected chi connectivity index (χ3v) is 3.10. The van der Waals surface area contributed by atoms with Gasteiger partial charge in [0, 0.05) is 12.8 Å². The molecule has 0 radical (unpaired) electrons. The molecule has 1 atom stereocenters. The monoisotopic (exact) mass is 225 g/mol. The molecule has 0 rings (SSSR count). The maximum Gasteiger partial charge on any atom is 0.133 e. The van der Waals surface area contributed by atoms with Crippen molar-refractivity contribution in [3.05, 3.63) is 12.2 Å². The minimum Gasteiger partial charge on any atom is -0.330 e. The highest BCUT2D eigenvalue weighted by Crippen LogP contribution is 2.21. The maximum atomic E-state index is 11.6. The zero-order chi connectivity index (χ0) is 12.6. The Kier molecular flexibility index (Phi) is 8.18. The van der Waals surface area contributed by atoms with Crippen molar-refractivity contribution in [3.63, 3.8) is 0 Å². The van der Waals surface area contributed by atoms with E-state index in [1.807, 2.05) is 6.92 Å². The summed E-state index contributed by atoms with van der Waals surface area (Å²) in [5.41, 5.74) is 6.67. The van der Waals surface area contributed by atoms with Gasteiger partial charge in [0.15, 0.2) is 0 Å². The Bertz CT molecular complexity index is 221. The Hall–Kier alpha value is -0.630. The van der Waals surface area contributed by atoms with Crippen molar-refractivity contribution >= 4 is 5.78 Å². The van der Waals surface area contributed by atoms with Crippen LogP contribution in [0.25, 0.3) is 0 Å². The van der Waals surface area contributed by atoms with E-state index in [1.54, 1.807) is 0 Å². The molecule has 0 aliphatic heterocycles. The molecule has 94 valence electrons. The fourth-order valence-corrected chi connectivity index (χ4v) is 1.85. The zero-order valence-electron chi connectivity index (χ0n) is 11.1. The second-order valence-electron chi connectivity index (χ2n) is 5.12. The van der Waals surface area contributed by atoms with Crippen LogP contribution in [0.2, 0.25) is 0 Å². The van der Waals surface area contributed by atoms with Gasteiger partial charge in [0.1, 0.15) is 5.78 Å². The Morgan fingerprint density at radius 1 is 1.19 bits per heavy atom. The van der Waals surface area contributed by atoms with E-state index in [2.05, 4.69) is 20.4 Å². The number of nitrogens with two attached hydrogens (primary N) is 1. The number of ketones is 1. The van der Waals surface area contributed by atoms with E-state index in [9.17, 15) is 4.79 Å². The summed E-state index contributed by atoms with van der Waals surface area (Å²) in [6, 6.07) is 0. The average Bonchev–Trinajstić information content (AvgIpc) is 2.20. The number of hydrogen-bond acceptors (Lipinski definition) is 2. The number of Topliss-reactive ketones (excluding diaryl/α,β-unsaturated/α-hetero) is 1. The molecule has 0 fully saturated rings. The van der Waals surface area contributed by atoms with Gasteiger partial charge in [-0.3, -0.25) is 4.79 Å². The highest BCUT2D eigenvalue weighted by molar-refractivity contribution is 5.78. The Morgan fingerprint density at radius 3 is 2.25 bits per heavy atom. The van der Waals surface area contributed by atoms with Crippen LogP contribution in [0, 0.1) is 11.8 Å². The highest BCUT2D eigenvalue weighted by atomic mass is 16.1. The average molecular weight is 225 g/mol. The lowest BCUT2D eigenvalue weighted by atomic mass is 9.87. The van der Waals surface area contributed by atoms with Gasteiger partial charge < -0.3 is 5.73 Å². The Labute approximate surface area is 100 Å². The summed E-state index contributed by atoms with van der Waals surface area (Å²) >= 11 is 0. The van der Waals surface area contributed by atoms with Gasteiger partial charge in [0.25, 0.3) is 0 Å². The summed E-state index contributed by atoms with van der Waals surface area (Å²) in [5.74, 6) is 1.59. The first-order chi connectivity index (χ1) is 7.47. The zero-order valence-corrected chi connectivity index (χ0v) is 11.1. The SMILES string of the molecule is C=C(C)CCC(=O)CCC(CCN)C(C)C. The predicted octanol–water partition coefficient (Wildman–Crippen LogP) is 3.31. The summed E-state index contributed by atoms with van der Waals surface area (Å²) in [5, 5.41) is 0. The lowest BCUT2D eigenvalue weighted by Crippen LogP contribution is -2.15. The minimum atomic E-state index is 0.366. The van der Waals surface area contributed by atoms with Crippen molar-refractivity contribution in [2.45, 2.75) is 52.9 Å². The largest absolute Gasteiger partial charge is 0.330 e. The van der Waals surface area contributed by atoms with Crippen molar-refractivity contribution in [1.29, 1.82) is 0 Å². The van der Waals surface area contributed by atoms with Gasteiger partial charge in [0.05, 0.1) is 0 Å². The Morgan fingerprint density at radius 2 is 1.81 bits per heavy atom. The van der Waals surface area contributed by atoms with E-state index in [-0.39, 0.29) is 0 Å². The van der Waals surface area contributed by atoms with Crippen LogP contribution < -0.4 is 5.73 Å². The second kappa shape index (κ2) is 8.51. The topological polar surface area (TPSA) is 43.1 Å². The maximum absolute atomic E-state index is 11.6. The number of rotatable bonds is 9. The van der Waals surface area contributed by atoms with Crippen LogP contribution in [0.3, 0.4) is 0 Å². The van der Waals surface area contributed by atoms with E-state index in [0.717, 1.165) is 31.4 Å².